The monoisotopic (exact) mass is 275 g/mol. The molecule has 2 rings (SSSR count). The fraction of sp³-hybridized carbons (Fsp3) is 0.706. The molecule has 1 aliphatic heterocycles. The third-order valence-corrected chi connectivity index (χ3v) is 4.63. The first kappa shape index (κ1) is 15.3. The number of aromatic nitrogens is 1. The maximum atomic E-state index is 4.58. The van der Waals surface area contributed by atoms with Gasteiger partial charge in [-0.25, -0.2) is 4.98 Å². The summed E-state index contributed by atoms with van der Waals surface area (Å²) in [5.74, 6) is 2.73. The predicted molar refractivity (Wildman–Crippen MR) is 86.1 cm³/mol. The summed E-state index contributed by atoms with van der Waals surface area (Å²) in [5, 5.41) is 3.55. The van der Waals surface area contributed by atoms with Gasteiger partial charge in [0.2, 0.25) is 0 Å². The smallest absolute Gasteiger partial charge is 0.128 e. The number of rotatable bonds is 5. The van der Waals surface area contributed by atoms with E-state index < -0.39 is 0 Å². The summed E-state index contributed by atoms with van der Waals surface area (Å²) in [5.41, 5.74) is 1.34. The number of nitrogens with one attached hydrogen (secondary N) is 1. The van der Waals surface area contributed by atoms with E-state index in [1.165, 1.54) is 18.4 Å². The number of piperidine rings is 1. The van der Waals surface area contributed by atoms with Crippen LogP contribution >= 0.6 is 0 Å². The van der Waals surface area contributed by atoms with Gasteiger partial charge in [0.25, 0.3) is 0 Å². The average molecular weight is 275 g/mol. The lowest BCUT2D eigenvalue weighted by Crippen LogP contribution is -2.38. The molecular weight excluding hydrogens is 246 g/mol. The minimum absolute atomic E-state index is 0.401. The summed E-state index contributed by atoms with van der Waals surface area (Å²) >= 11 is 0. The molecule has 0 bridgehead atoms. The maximum absolute atomic E-state index is 4.58. The van der Waals surface area contributed by atoms with Gasteiger partial charge < -0.3 is 10.2 Å². The van der Waals surface area contributed by atoms with Crippen molar-refractivity contribution in [2.75, 3.05) is 24.5 Å². The zero-order valence-electron chi connectivity index (χ0n) is 13.4. The van der Waals surface area contributed by atoms with E-state index >= 15 is 0 Å². The highest BCUT2D eigenvalue weighted by molar-refractivity contribution is 5.42. The number of nitrogens with zero attached hydrogens (tertiary/aromatic N) is 2. The molecule has 1 aromatic heterocycles. The van der Waals surface area contributed by atoms with Gasteiger partial charge in [-0.05, 0) is 55.8 Å². The second-order valence-corrected chi connectivity index (χ2v) is 6.31. The first-order valence-corrected chi connectivity index (χ1v) is 8.06. The molecule has 20 heavy (non-hydrogen) atoms. The lowest BCUT2D eigenvalue weighted by Gasteiger charge is -2.36. The standard InChI is InChI=1S/C17H29N3/c1-5-8-18-15(4)16-6-9-19-17(11-16)20-10-7-13(2)14(3)12-20/h6,9,11,13-15,18H,5,7-8,10,12H2,1-4H3. The Morgan fingerprint density at radius 2 is 2.20 bits per heavy atom. The van der Waals surface area contributed by atoms with E-state index in [0.29, 0.717) is 6.04 Å². The summed E-state index contributed by atoms with van der Waals surface area (Å²) in [6.07, 6.45) is 4.40. The van der Waals surface area contributed by atoms with Crippen molar-refractivity contribution in [1.29, 1.82) is 0 Å². The molecule has 0 spiro atoms. The first-order valence-electron chi connectivity index (χ1n) is 8.06. The molecule has 3 heteroatoms. The highest BCUT2D eigenvalue weighted by Crippen LogP contribution is 2.27. The highest BCUT2D eigenvalue weighted by atomic mass is 15.2. The summed E-state index contributed by atoms with van der Waals surface area (Å²) in [6.45, 7) is 12.5. The van der Waals surface area contributed by atoms with Crippen LogP contribution in [0.25, 0.3) is 0 Å². The second kappa shape index (κ2) is 7.07. The number of anilines is 1. The molecule has 3 atom stereocenters. The van der Waals surface area contributed by atoms with Crippen LogP contribution in [0.15, 0.2) is 18.3 Å². The number of hydrogen-bond acceptors (Lipinski definition) is 3. The average Bonchev–Trinajstić information content (AvgIpc) is 2.47. The van der Waals surface area contributed by atoms with E-state index in [-0.39, 0.29) is 0 Å². The Balaban J connectivity index is 2.05. The minimum Gasteiger partial charge on any atom is -0.356 e. The van der Waals surface area contributed by atoms with Crippen LogP contribution in [0.5, 0.6) is 0 Å². The van der Waals surface area contributed by atoms with Gasteiger partial charge >= 0.3 is 0 Å². The quantitative estimate of drug-likeness (QED) is 0.889. The van der Waals surface area contributed by atoms with Crippen LogP contribution in [0.3, 0.4) is 0 Å². The second-order valence-electron chi connectivity index (χ2n) is 6.31. The van der Waals surface area contributed by atoms with Crippen molar-refractivity contribution < 1.29 is 0 Å². The first-order chi connectivity index (χ1) is 9.61. The SMILES string of the molecule is CCCNC(C)c1ccnc(N2CCC(C)C(C)C2)c1. The lowest BCUT2D eigenvalue weighted by molar-refractivity contribution is 0.322. The van der Waals surface area contributed by atoms with Crippen molar-refractivity contribution in [3.8, 4) is 0 Å². The summed E-state index contributed by atoms with van der Waals surface area (Å²) in [4.78, 5) is 7.03. The van der Waals surface area contributed by atoms with Crippen molar-refractivity contribution in [2.24, 2.45) is 11.8 Å². The van der Waals surface area contributed by atoms with Crippen LogP contribution in [-0.2, 0) is 0 Å². The van der Waals surface area contributed by atoms with E-state index in [1.807, 2.05) is 6.20 Å². The molecular formula is C17H29N3. The van der Waals surface area contributed by atoms with Crippen LogP contribution in [0.2, 0.25) is 0 Å². The van der Waals surface area contributed by atoms with E-state index in [0.717, 1.165) is 37.3 Å². The third kappa shape index (κ3) is 3.72. The molecule has 3 unspecified atom stereocenters. The Morgan fingerprint density at radius 1 is 1.40 bits per heavy atom. The Hall–Kier alpha value is -1.09. The normalized spacial score (nSPS) is 24.7. The van der Waals surface area contributed by atoms with Gasteiger partial charge in [0.1, 0.15) is 5.82 Å². The molecule has 1 N–H and O–H groups in total. The van der Waals surface area contributed by atoms with Gasteiger partial charge in [0.05, 0.1) is 0 Å². The maximum Gasteiger partial charge on any atom is 0.128 e. The molecule has 1 aromatic rings. The van der Waals surface area contributed by atoms with Crippen molar-refractivity contribution in [1.82, 2.24) is 10.3 Å². The Kier molecular flexibility index (Phi) is 5.41. The molecule has 1 saturated heterocycles. The molecule has 0 saturated carbocycles. The van der Waals surface area contributed by atoms with Crippen molar-refractivity contribution in [3.05, 3.63) is 23.9 Å². The fourth-order valence-electron chi connectivity index (χ4n) is 2.83. The van der Waals surface area contributed by atoms with Crippen molar-refractivity contribution in [2.45, 2.75) is 46.6 Å². The largest absolute Gasteiger partial charge is 0.356 e. The summed E-state index contributed by atoms with van der Waals surface area (Å²) in [7, 11) is 0. The summed E-state index contributed by atoms with van der Waals surface area (Å²) < 4.78 is 0. The van der Waals surface area contributed by atoms with Gasteiger partial charge in [-0.15, -0.1) is 0 Å². The minimum atomic E-state index is 0.401. The summed E-state index contributed by atoms with van der Waals surface area (Å²) in [6, 6.07) is 4.79. The fourth-order valence-corrected chi connectivity index (χ4v) is 2.83. The molecule has 0 amide bonds. The molecule has 3 nitrogen and oxygen atoms in total. The highest BCUT2D eigenvalue weighted by Gasteiger charge is 2.23. The molecule has 0 aliphatic carbocycles. The van der Waals surface area contributed by atoms with E-state index in [2.05, 4.69) is 55.0 Å². The van der Waals surface area contributed by atoms with Crippen LogP contribution in [-0.4, -0.2) is 24.6 Å². The zero-order chi connectivity index (χ0) is 14.5. The Bertz CT molecular complexity index is 418. The van der Waals surface area contributed by atoms with Gasteiger partial charge in [-0.3, -0.25) is 0 Å². The van der Waals surface area contributed by atoms with Crippen LogP contribution in [0.1, 0.15) is 52.1 Å². The Labute approximate surface area is 123 Å². The molecule has 2 heterocycles. The van der Waals surface area contributed by atoms with E-state index in [9.17, 15) is 0 Å². The van der Waals surface area contributed by atoms with Gasteiger partial charge in [-0.2, -0.15) is 0 Å². The molecule has 0 radical (unpaired) electrons. The van der Waals surface area contributed by atoms with Gasteiger partial charge in [-0.1, -0.05) is 20.8 Å². The van der Waals surface area contributed by atoms with Crippen LogP contribution < -0.4 is 10.2 Å². The molecule has 112 valence electrons. The molecule has 0 aromatic carbocycles. The lowest BCUT2D eigenvalue weighted by atomic mass is 9.88. The molecule has 1 aliphatic rings. The number of pyridine rings is 1. The van der Waals surface area contributed by atoms with Crippen LogP contribution in [0, 0.1) is 11.8 Å². The molecule has 1 fully saturated rings. The van der Waals surface area contributed by atoms with Gasteiger partial charge in [0.15, 0.2) is 0 Å². The Morgan fingerprint density at radius 3 is 2.90 bits per heavy atom. The van der Waals surface area contributed by atoms with E-state index in [1.54, 1.807) is 0 Å². The van der Waals surface area contributed by atoms with Gasteiger partial charge in [0, 0.05) is 25.3 Å². The topological polar surface area (TPSA) is 28.2 Å². The van der Waals surface area contributed by atoms with Crippen molar-refractivity contribution in [3.63, 3.8) is 0 Å². The van der Waals surface area contributed by atoms with Crippen LogP contribution in [0.4, 0.5) is 5.82 Å². The zero-order valence-corrected chi connectivity index (χ0v) is 13.4. The number of hydrogen-bond donors (Lipinski definition) is 1. The van der Waals surface area contributed by atoms with E-state index in [4.69, 9.17) is 0 Å². The predicted octanol–water partition coefficient (Wildman–Crippen LogP) is 3.62. The third-order valence-electron chi connectivity index (χ3n) is 4.63. The van der Waals surface area contributed by atoms with Crippen molar-refractivity contribution >= 4 is 5.82 Å².